The molecule has 0 aromatic heterocycles. The molecule has 2 heteroatoms. The summed E-state index contributed by atoms with van der Waals surface area (Å²) in [6.07, 6.45) is 5.32. The third-order valence-corrected chi connectivity index (χ3v) is 3.90. The third-order valence-electron chi connectivity index (χ3n) is 3.90. The summed E-state index contributed by atoms with van der Waals surface area (Å²) in [6, 6.07) is 1.12. The number of likely N-dealkylation sites (N-methyl/N-ethyl adjacent to an activating group) is 1. The highest BCUT2D eigenvalue weighted by atomic mass is 15.2. The molecule has 2 fully saturated rings. The van der Waals surface area contributed by atoms with Crippen molar-refractivity contribution in [3.8, 4) is 0 Å². The van der Waals surface area contributed by atoms with Gasteiger partial charge in [-0.25, -0.2) is 0 Å². The average Bonchev–Trinajstić information content (AvgIpc) is 2.62. The largest absolute Gasteiger partial charge is 0.326 e. The molecule has 2 aliphatic rings. The van der Waals surface area contributed by atoms with Crippen LogP contribution in [0.2, 0.25) is 0 Å². The van der Waals surface area contributed by atoms with E-state index in [1.54, 1.807) is 0 Å². The van der Waals surface area contributed by atoms with E-state index in [1.165, 1.54) is 32.2 Å². The summed E-state index contributed by atoms with van der Waals surface area (Å²) in [7, 11) is 2.25. The molecular formula is C11H22N2. The predicted molar refractivity (Wildman–Crippen MR) is 55.5 cm³/mol. The number of nitrogens with zero attached hydrogens (tertiary/aromatic N) is 1. The Hall–Kier alpha value is -0.0800. The second-order valence-electron chi connectivity index (χ2n) is 5.07. The normalized spacial score (nSPS) is 44.3. The third kappa shape index (κ3) is 2.05. The molecule has 0 radical (unpaired) electrons. The molecule has 0 saturated heterocycles. The molecule has 4 atom stereocenters. The molecule has 2 nitrogen and oxygen atoms in total. The quantitative estimate of drug-likeness (QED) is 0.716. The maximum atomic E-state index is 6.07. The van der Waals surface area contributed by atoms with Crippen molar-refractivity contribution < 1.29 is 0 Å². The van der Waals surface area contributed by atoms with Crippen LogP contribution in [0.25, 0.3) is 0 Å². The number of hydrogen-bond donors (Lipinski definition) is 1. The topological polar surface area (TPSA) is 29.3 Å². The van der Waals surface area contributed by atoms with E-state index < -0.39 is 0 Å². The van der Waals surface area contributed by atoms with Gasteiger partial charge in [0, 0.05) is 18.6 Å². The maximum Gasteiger partial charge on any atom is 0.0244 e. The van der Waals surface area contributed by atoms with Crippen molar-refractivity contribution in [1.82, 2.24) is 4.90 Å². The minimum absolute atomic E-state index is 0.444. The van der Waals surface area contributed by atoms with Crippen LogP contribution in [0.3, 0.4) is 0 Å². The zero-order valence-electron chi connectivity index (χ0n) is 8.87. The van der Waals surface area contributed by atoms with E-state index in [1.807, 2.05) is 0 Å². The van der Waals surface area contributed by atoms with Crippen molar-refractivity contribution >= 4 is 0 Å². The Balaban J connectivity index is 1.78. The number of rotatable bonds is 3. The fraction of sp³-hybridized carbons (Fsp3) is 1.00. The highest BCUT2D eigenvalue weighted by molar-refractivity contribution is 4.91. The molecule has 0 aromatic rings. The van der Waals surface area contributed by atoms with Crippen LogP contribution in [0.5, 0.6) is 0 Å². The van der Waals surface area contributed by atoms with Gasteiger partial charge >= 0.3 is 0 Å². The van der Waals surface area contributed by atoms with Crippen molar-refractivity contribution in [2.75, 3.05) is 13.6 Å². The minimum atomic E-state index is 0.444. The van der Waals surface area contributed by atoms with Gasteiger partial charge in [-0.2, -0.15) is 0 Å². The first kappa shape index (κ1) is 9.47. The summed E-state index contributed by atoms with van der Waals surface area (Å²) in [6.45, 7) is 3.63. The molecular weight excluding hydrogens is 160 g/mol. The van der Waals surface area contributed by atoms with Gasteiger partial charge in [0.1, 0.15) is 0 Å². The molecule has 0 spiro atoms. The molecule has 4 unspecified atom stereocenters. The molecule has 2 N–H and O–H groups in total. The summed E-state index contributed by atoms with van der Waals surface area (Å²) in [5, 5.41) is 0. The Bertz CT molecular complexity index is 181. The molecule has 2 saturated carbocycles. The van der Waals surface area contributed by atoms with E-state index in [0.29, 0.717) is 12.1 Å². The Morgan fingerprint density at radius 2 is 2.08 bits per heavy atom. The van der Waals surface area contributed by atoms with E-state index in [9.17, 15) is 0 Å². The molecule has 0 aliphatic heterocycles. The van der Waals surface area contributed by atoms with Crippen molar-refractivity contribution in [3.05, 3.63) is 0 Å². The first-order valence-electron chi connectivity index (χ1n) is 5.64. The summed E-state index contributed by atoms with van der Waals surface area (Å²) < 4.78 is 0. The Labute approximate surface area is 81.5 Å². The molecule has 2 rings (SSSR count). The van der Waals surface area contributed by atoms with E-state index in [-0.39, 0.29) is 0 Å². The van der Waals surface area contributed by atoms with Crippen LogP contribution in [0.15, 0.2) is 0 Å². The lowest BCUT2D eigenvalue weighted by atomic mass is 10.1. The first-order chi connectivity index (χ1) is 6.18. The maximum absolute atomic E-state index is 6.07. The Morgan fingerprint density at radius 1 is 1.38 bits per heavy atom. The van der Waals surface area contributed by atoms with Crippen molar-refractivity contribution in [2.45, 2.75) is 44.7 Å². The first-order valence-corrected chi connectivity index (χ1v) is 5.64. The molecule has 0 bridgehead atoms. The zero-order chi connectivity index (χ0) is 9.42. The van der Waals surface area contributed by atoms with Crippen molar-refractivity contribution in [1.29, 1.82) is 0 Å². The summed E-state index contributed by atoms with van der Waals surface area (Å²) in [5.41, 5.74) is 6.07. The molecule has 76 valence electrons. The fourth-order valence-corrected chi connectivity index (χ4v) is 2.68. The van der Waals surface area contributed by atoms with Crippen LogP contribution < -0.4 is 5.73 Å². The number of nitrogens with two attached hydrogens (primary N) is 1. The van der Waals surface area contributed by atoms with Crippen LogP contribution in [0, 0.1) is 11.8 Å². The Kier molecular flexibility index (Phi) is 2.61. The van der Waals surface area contributed by atoms with Crippen LogP contribution >= 0.6 is 0 Å². The summed E-state index contributed by atoms with van der Waals surface area (Å²) in [4.78, 5) is 2.51. The molecule has 0 heterocycles. The van der Waals surface area contributed by atoms with Gasteiger partial charge in [-0.1, -0.05) is 13.3 Å². The van der Waals surface area contributed by atoms with E-state index in [4.69, 9.17) is 5.73 Å². The van der Waals surface area contributed by atoms with Crippen LogP contribution in [-0.2, 0) is 0 Å². The van der Waals surface area contributed by atoms with Gasteiger partial charge in [-0.3, -0.25) is 0 Å². The summed E-state index contributed by atoms with van der Waals surface area (Å²) in [5.74, 6) is 1.94. The van der Waals surface area contributed by atoms with E-state index >= 15 is 0 Å². The molecule has 0 aromatic carbocycles. The molecule has 2 aliphatic carbocycles. The van der Waals surface area contributed by atoms with Crippen LogP contribution in [0.4, 0.5) is 0 Å². The van der Waals surface area contributed by atoms with Crippen molar-refractivity contribution in [2.24, 2.45) is 17.6 Å². The van der Waals surface area contributed by atoms with E-state index in [0.717, 1.165) is 11.8 Å². The zero-order valence-corrected chi connectivity index (χ0v) is 8.87. The lowest BCUT2D eigenvalue weighted by Gasteiger charge is -2.27. The lowest BCUT2D eigenvalue weighted by Crippen LogP contribution is -2.43. The van der Waals surface area contributed by atoms with E-state index in [2.05, 4.69) is 18.9 Å². The standard InChI is InChI=1S/C11H22N2/c1-8-6-9(8)7-13(2)11-5-3-4-10(11)12/h8-11H,3-7,12H2,1-2H3. The number of hydrogen-bond acceptors (Lipinski definition) is 2. The second kappa shape index (κ2) is 3.58. The molecule has 0 amide bonds. The smallest absolute Gasteiger partial charge is 0.0244 e. The van der Waals surface area contributed by atoms with Gasteiger partial charge in [0.2, 0.25) is 0 Å². The van der Waals surface area contributed by atoms with Gasteiger partial charge in [0.05, 0.1) is 0 Å². The SMILES string of the molecule is CC1CC1CN(C)C1CCCC1N. The van der Waals surface area contributed by atoms with Gasteiger partial charge < -0.3 is 10.6 Å². The van der Waals surface area contributed by atoms with Crippen LogP contribution in [0.1, 0.15) is 32.6 Å². The second-order valence-corrected chi connectivity index (χ2v) is 5.07. The van der Waals surface area contributed by atoms with Gasteiger partial charge in [-0.05, 0) is 38.1 Å². The monoisotopic (exact) mass is 182 g/mol. The predicted octanol–water partition coefficient (Wildman–Crippen LogP) is 1.45. The molecule has 13 heavy (non-hydrogen) atoms. The van der Waals surface area contributed by atoms with Crippen LogP contribution in [-0.4, -0.2) is 30.6 Å². The van der Waals surface area contributed by atoms with Gasteiger partial charge in [0.25, 0.3) is 0 Å². The lowest BCUT2D eigenvalue weighted by molar-refractivity contribution is 0.217. The highest BCUT2D eigenvalue weighted by Gasteiger charge is 2.36. The Morgan fingerprint density at radius 3 is 2.54 bits per heavy atom. The average molecular weight is 182 g/mol. The van der Waals surface area contributed by atoms with Gasteiger partial charge in [0.15, 0.2) is 0 Å². The minimum Gasteiger partial charge on any atom is -0.326 e. The summed E-state index contributed by atoms with van der Waals surface area (Å²) >= 11 is 0. The van der Waals surface area contributed by atoms with Crippen molar-refractivity contribution in [3.63, 3.8) is 0 Å². The highest BCUT2D eigenvalue weighted by Crippen LogP contribution is 2.39. The van der Waals surface area contributed by atoms with Gasteiger partial charge in [-0.15, -0.1) is 0 Å². The fourth-order valence-electron chi connectivity index (χ4n) is 2.68.